The number of amides is 1. The number of imidazole rings is 1. The Morgan fingerprint density at radius 3 is 2.63 bits per heavy atom. The van der Waals surface area contributed by atoms with Gasteiger partial charge in [0.25, 0.3) is 5.91 Å². The van der Waals surface area contributed by atoms with E-state index in [2.05, 4.69) is 4.98 Å². The van der Waals surface area contributed by atoms with Crippen LogP contribution in [-0.4, -0.2) is 64.0 Å². The number of carbonyl (C=O) groups is 1. The van der Waals surface area contributed by atoms with Gasteiger partial charge in [0.05, 0.1) is 18.8 Å². The minimum atomic E-state index is -0.716. The Bertz CT molecular complexity index is 743. The predicted molar refractivity (Wildman–Crippen MR) is 101 cm³/mol. The van der Waals surface area contributed by atoms with E-state index >= 15 is 0 Å². The zero-order chi connectivity index (χ0) is 19.3. The fourth-order valence-corrected chi connectivity index (χ4v) is 2.89. The topological polar surface area (TPSA) is 76.8 Å². The van der Waals surface area contributed by atoms with Gasteiger partial charge in [-0.25, -0.2) is 4.98 Å². The number of carbonyl (C=O) groups excluding carboxylic acids is 1. The second-order valence-corrected chi connectivity index (χ2v) is 7.31. The summed E-state index contributed by atoms with van der Waals surface area (Å²) < 4.78 is 12.9. The minimum absolute atomic E-state index is 0.0236. The predicted octanol–water partition coefficient (Wildman–Crippen LogP) is 1.95. The van der Waals surface area contributed by atoms with Gasteiger partial charge in [-0.2, -0.15) is 0 Å². The van der Waals surface area contributed by atoms with Crippen LogP contribution in [0.15, 0.2) is 36.7 Å². The van der Waals surface area contributed by atoms with Crippen LogP contribution in [-0.2, 0) is 16.1 Å². The molecule has 1 fully saturated rings. The molecule has 1 N–H and O–H groups in total. The molecule has 0 aliphatic carbocycles. The summed E-state index contributed by atoms with van der Waals surface area (Å²) in [7, 11) is 0. The number of aryl methyl sites for hydroxylation is 1. The van der Waals surface area contributed by atoms with Crippen molar-refractivity contribution in [3.63, 3.8) is 0 Å². The van der Waals surface area contributed by atoms with E-state index in [1.807, 2.05) is 35.0 Å². The van der Waals surface area contributed by atoms with Crippen LogP contribution in [0.3, 0.4) is 0 Å². The van der Waals surface area contributed by atoms with E-state index in [1.165, 1.54) is 0 Å². The standard InChI is InChI=1S/C20H27N3O4/c1-20(2,25)7-9-23-10-8-21-19(23)16-3-5-17(6-4-16)27-15-18(24)22-11-13-26-14-12-22/h3-6,8,10,25H,7,9,11-15H2,1-2H3. The quantitative estimate of drug-likeness (QED) is 0.803. The first-order valence-corrected chi connectivity index (χ1v) is 9.25. The van der Waals surface area contributed by atoms with Gasteiger partial charge in [-0.1, -0.05) is 0 Å². The summed E-state index contributed by atoms with van der Waals surface area (Å²) in [6.07, 6.45) is 4.30. The van der Waals surface area contributed by atoms with Crippen LogP contribution in [0.1, 0.15) is 20.3 Å². The van der Waals surface area contributed by atoms with Crippen LogP contribution in [0.25, 0.3) is 11.4 Å². The van der Waals surface area contributed by atoms with Gasteiger partial charge < -0.3 is 24.0 Å². The number of benzene rings is 1. The van der Waals surface area contributed by atoms with Gasteiger partial charge in [0.1, 0.15) is 11.6 Å². The van der Waals surface area contributed by atoms with Gasteiger partial charge in [-0.15, -0.1) is 0 Å². The maximum atomic E-state index is 12.1. The van der Waals surface area contributed by atoms with E-state index in [-0.39, 0.29) is 12.5 Å². The third-order valence-electron chi connectivity index (χ3n) is 4.52. The molecule has 3 rings (SSSR count). The second-order valence-electron chi connectivity index (χ2n) is 7.31. The van der Waals surface area contributed by atoms with Crippen molar-refractivity contribution in [1.29, 1.82) is 0 Å². The molecule has 27 heavy (non-hydrogen) atoms. The van der Waals surface area contributed by atoms with Crippen molar-refractivity contribution in [2.24, 2.45) is 0 Å². The van der Waals surface area contributed by atoms with Gasteiger partial charge in [-0.3, -0.25) is 4.79 Å². The first-order chi connectivity index (χ1) is 12.9. The number of nitrogens with zero attached hydrogens (tertiary/aromatic N) is 3. The average molecular weight is 373 g/mol. The molecule has 0 bridgehead atoms. The summed E-state index contributed by atoms with van der Waals surface area (Å²) in [6, 6.07) is 7.54. The van der Waals surface area contributed by atoms with Crippen LogP contribution in [0.5, 0.6) is 5.75 Å². The van der Waals surface area contributed by atoms with Crippen molar-refractivity contribution in [3.8, 4) is 17.1 Å². The largest absolute Gasteiger partial charge is 0.484 e. The molecular formula is C20H27N3O4. The Morgan fingerprint density at radius 2 is 1.96 bits per heavy atom. The molecule has 0 radical (unpaired) electrons. The lowest BCUT2D eigenvalue weighted by Gasteiger charge is -2.26. The second kappa shape index (κ2) is 8.54. The minimum Gasteiger partial charge on any atom is -0.484 e. The van der Waals surface area contributed by atoms with E-state index in [1.54, 1.807) is 24.9 Å². The molecule has 0 unspecified atom stereocenters. The molecular weight excluding hydrogens is 346 g/mol. The van der Waals surface area contributed by atoms with E-state index in [4.69, 9.17) is 9.47 Å². The summed E-state index contributed by atoms with van der Waals surface area (Å²) in [5, 5.41) is 9.92. The van der Waals surface area contributed by atoms with Crippen LogP contribution in [0.4, 0.5) is 0 Å². The van der Waals surface area contributed by atoms with E-state index in [0.717, 1.165) is 11.4 Å². The molecule has 1 aromatic carbocycles. The number of hydrogen-bond acceptors (Lipinski definition) is 5. The third kappa shape index (κ3) is 5.55. The monoisotopic (exact) mass is 373 g/mol. The van der Waals surface area contributed by atoms with Crippen LogP contribution >= 0.6 is 0 Å². The lowest BCUT2D eigenvalue weighted by atomic mass is 10.1. The number of aliphatic hydroxyl groups is 1. The SMILES string of the molecule is CC(C)(O)CCn1ccnc1-c1ccc(OCC(=O)N2CCOCC2)cc1. The highest BCUT2D eigenvalue weighted by molar-refractivity contribution is 5.77. The summed E-state index contributed by atoms with van der Waals surface area (Å²) in [5.74, 6) is 1.47. The molecule has 0 atom stereocenters. The average Bonchev–Trinajstić information content (AvgIpc) is 3.14. The Balaban J connectivity index is 1.57. The van der Waals surface area contributed by atoms with Crippen LogP contribution in [0, 0.1) is 0 Å². The lowest BCUT2D eigenvalue weighted by molar-refractivity contribution is -0.137. The molecule has 2 aromatic rings. The Hall–Kier alpha value is -2.38. The molecule has 1 aromatic heterocycles. The number of morpholine rings is 1. The first kappa shape index (κ1) is 19.4. The van der Waals surface area contributed by atoms with Crippen molar-refractivity contribution < 1.29 is 19.4 Å². The maximum absolute atomic E-state index is 12.1. The van der Waals surface area contributed by atoms with Crippen molar-refractivity contribution in [2.45, 2.75) is 32.4 Å². The molecule has 1 aliphatic heterocycles. The van der Waals surface area contributed by atoms with Gasteiger partial charge in [0.2, 0.25) is 0 Å². The zero-order valence-electron chi connectivity index (χ0n) is 15.9. The molecule has 1 amide bonds. The molecule has 146 valence electrons. The number of aromatic nitrogens is 2. The van der Waals surface area contributed by atoms with Gasteiger partial charge in [0, 0.05) is 37.6 Å². The molecule has 1 aliphatic rings. The van der Waals surface area contributed by atoms with Gasteiger partial charge >= 0.3 is 0 Å². The van der Waals surface area contributed by atoms with E-state index in [9.17, 15) is 9.90 Å². The number of rotatable bonds is 7. The highest BCUT2D eigenvalue weighted by atomic mass is 16.5. The van der Waals surface area contributed by atoms with Crippen molar-refractivity contribution in [1.82, 2.24) is 14.5 Å². The van der Waals surface area contributed by atoms with Crippen LogP contribution in [0.2, 0.25) is 0 Å². The highest BCUT2D eigenvalue weighted by Crippen LogP contribution is 2.22. The van der Waals surface area contributed by atoms with Crippen molar-refractivity contribution in [2.75, 3.05) is 32.9 Å². The molecule has 7 nitrogen and oxygen atoms in total. The lowest BCUT2D eigenvalue weighted by Crippen LogP contribution is -2.42. The fraction of sp³-hybridized carbons (Fsp3) is 0.500. The molecule has 0 saturated carbocycles. The Morgan fingerprint density at radius 1 is 1.26 bits per heavy atom. The van der Waals surface area contributed by atoms with Crippen molar-refractivity contribution in [3.05, 3.63) is 36.7 Å². The molecule has 2 heterocycles. The maximum Gasteiger partial charge on any atom is 0.260 e. The Labute approximate surface area is 159 Å². The smallest absolute Gasteiger partial charge is 0.260 e. The van der Waals surface area contributed by atoms with E-state index < -0.39 is 5.60 Å². The summed E-state index contributed by atoms with van der Waals surface area (Å²) in [5.41, 5.74) is 0.245. The van der Waals surface area contributed by atoms with Gasteiger partial charge in [-0.05, 0) is 44.5 Å². The highest BCUT2D eigenvalue weighted by Gasteiger charge is 2.17. The summed E-state index contributed by atoms with van der Waals surface area (Å²) >= 11 is 0. The third-order valence-corrected chi connectivity index (χ3v) is 4.52. The molecule has 1 saturated heterocycles. The molecule has 7 heteroatoms. The van der Waals surface area contributed by atoms with Crippen molar-refractivity contribution >= 4 is 5.91 Å². The number of ether oxygens (including phenoxy) is 2. The van der Waals surface area contributed by atoms with Crippen LogP contribution < -0.4 is 4.74 Å². The van der Waals surface area contributed by atoms with Gasteiger partial charge in [0.15, 0.2) is 6.61 Å². The first-order valence-electron chi connectivity index (χ1n) is 9.25. The summed E-state index contributed by atoms with van der Waals surface area (Å²) in [4.78, 5) is 18.3. The zero-order valence-corrected chi connectivity index (χ0v) is 15.9. The molecule has 0 spiro atoms. The summed E-state index contributed by atoms with van der Waals surface area (Å²) in [6.45, 7) is 6.72. The fourth-order valence-electron chi connectivity index (χ4n) is 2.89. The number of hydrogen-bond donors (Lipinski definition) is 1. The van der Waals surface area contributed by atoms with E-state index in [0.29, 0.717) is 45.0 Å². The Kier molecular flexibility index (Phi) is 6.13. The normalized spacial score (nSPS) is 15.0.